The van der Waals surface area contributed by atoms with E-state index in [-0.39, 0.29) is 5.91 Å². The first-order valence-corrected chi connectivity index (χ1v) is 6.80. The van der Waals surface area contributed by atoms with Gasteiger partial charge in [0, 0.05) is 32.6 Å². The first-order chi connectivity index (χ1) is 9.06. The lowest BCUT2D eigenvalue weighted by atomic mass is 10.1. The minimum Gasteiger partial charge on any atom is -0.397 e. The second-order valence-corrected chi connectivity index (χ2v) is 5.42. The number of pyridine rings is 1. The molecule has 1 fully saturated rings. The van der Waals surface area contributed by atoms with Crippen molar-refractivity contribution >= 4 is 17.4 Å². The van der Waals surface area contributed by atoms with Crippen LogP contribution in [0.1, 0.15) is 20.3 Å². The molecule has 0 bridgehead atoms. The van der Waals surface area contributed by atoms with Crippen LogP contribution in [-0.4, -0.2) is 42.0 Å². The Morgan fingerprint density at radius 2 is 2.00 bits per heavy atom. The fraction of sp³-hybridized carbons (Fsp3) is 0.571. The lowest BCUT2D eigenvalue weighted by molar-refractivity contribution is -0.132. The van der Waals surface area contributed by atoms with E-state index in [1.807, 2.05) is 17.0 Å². The molecule has 5 nitrogen and oxygen atoms in total. The largest absolute Gasteiger partial charge is 0.397 e. The van der Waals surface area contributed by atoms with Gasteiger partial charge < -0.3 is 15.5 Å². The van der Waals surface area contributed by atoms with Crippen molar-refractivity contribution in [3.63, 3.8) is 0 Å². The lowest BCUT2D eigenvalue weighted by Crippen LogP contribution is -2.49. The van der Waals surface area contributed by atoms with Crippen molar-refractivity contribution in [1.29, 1.82) is 0 Å². The third-order valence-corrected chi connectivity index (χ3v) is 3.31. The topological polar surface area (TPSA) is 62.5 Å². The summed E-state index contributed by atoms with van der Waals surface area (Å²) in [7, 11) is 0. The monoisotopic (exact) mass is 262 g/mol. The van der Waals surface area contributed by atoms with Crippen molar-refractivity contribution < 1.29 is 4.79 Å². The zero-order valence-corrected chi connectivity index (χ0v) is 11.7. The van der Waals surface area contributed by atoms with Crippen LogP contribution in [0, 0.1) is 5.92 Å². The van der Waals surface area contributed by atoms with Gasteiger partial charge in [0.2, 0.25) is 5.91 Å². The van der Waals surface area contributed by atoms with Crippen LogP contribution in [0.5, 0.6) is 0 Å². The first-order valence-electron chi connectivity index (χ1n) is 6.80. The molecule has 1 aliphatic rings. The molecule has 0 unspecified atom stereocenters. The molecule has 0 aromatic carbocycles. The van der Waals surface area contributed by atoms with E-state index in [0.717, 1.165) is 32.0 Å². The molecule has 0 spiro atoms. The van der Waals surface area contributed by atoms with Crippen LogP contribution >= 0.6 is 0 Å². The Balaban J connectivity index is 1.88. The van der Waals surface area contributed by atoms with Gasteiger partial charge in [-0.15, -0.1) is 0 Å². The second-order valence-electron chi connectivity index (χ2n) is 5.42. The highest BCUT2D eigenvalue weighted by molar-refractivity contribution is 5.76. The average molecular weight is 262 g/mol. The standard InChI is InChI=1S/C14H22N4O/c1-11(2)9-14(19)18-7-5-17(6-8-18)13-4-3-12(15)10-16-13/h3-4,10-11H,5-9,15H2,1-2H3. The zero-order valence-electron chi connectivity index (χ0n) is 11.7. The molecule has 2 rings (SSSR count). The molecule has 104 valence electrons. The van der Waals surface area contributed by atoms with E-state index in [4.69, 9.17) is 5.73 Å². The van der Waals surface area contributed by atoms with Gasteiger partial charge in [0.05, 0.1) is 11.9 Å². The van der Waals surface area contributed by atoms with Crippen molar-refractivity contribution in [1.82, 2.24) is 9.88 Å². The van der Waals surface area contributed by atoms with Crippen LogP contribution in [-0.2, 0) is 4.79 Å². The third kappa shape index (κ3) is 3.59. The number of hydrogen-bond donors (Lipinski definition) is 1. The number of carbonyl (C=O) groups is 1. The Morgan fingerprint density at radius 3 is 2.53 bits per heavy atom. The number of nitrogen functional groups attached to an aromatic ring is 1. The minimum atomic E-state index is 0.264. The molecule has 2 N–H and O–H groups in total. The van der Waals surface area contributed by atoms with Crippen LogP contribution in [0.2, 0.25) is 0 Å². The number of aromatic nitrogens is 1. The van der Waals surface area contributed by atoms with E-state index in [1.54, 1.807) is 6.20 Å². The number of hydrogen-bond acceptors (Lipinski definition) is 4. The average Bonchev–Trinajstić information content (AvgIpc) is 2.39. The van der Waals surface area contributed by atoms with Crippen LogP contribution < -0.4 is 10.6 Å². The number of nitrogens with two attached hydrogens (primary N) is 1. The maximum Gasteiger partial charge on any atom is 0.222 e. The minimum absolute atomic E-state index is 0.264. The van der Waals surface area contributed by atoms with Crippen molar-refractivity contribution in [3.8, 4) is 0 Å². The summed E-state index contributed by atoms with van der Waals surface area (Å²) < 4.78 is 0. The summed E-state index contributed by atoms with van der Waals surface area (Å²) in [6.45, 7) is 7.37. The zero-order chi connectivity index (χ0) is 13.8. The maximum absolute atomic E-state index is 12.0. The Bertz CT molecular complexity index is 422. The molecular weight excluding hydrogens is 240 g/mol. The van der Waals surface area contributed by atoms with Crippen molar-refractivity contribution in [3.05, 3.63) is 18.3 Å². The molecule has 2 heterocycles. The van der Waals surface area contributed by atoms with Gasteiger partial charge in [0.15, 0.2) is 0 Å². The van der Waals surface area contributed by atoms with Crippen molar-refractivity contribution in [2.75, 3.05) is 36.8 Å². The van der Waals surface area contributed by atoms with Gasteiger partial charge in [-0.05, 0) is 18.1 Å². The summed E-state index contributed by atoms with van der Waals surface area (Å²) in [4.78, 5) is 20.4. The summed E-state index contributed by atoms with van der Waals surface area (Å²) in [6, 6.07) is 3.79. The number of nitrogens with zero attached hydrogens (tertiary/aromatic N) is 3. The highest BCUT2D eigenvalue weighted by atomic mass is 16.2. The van der Waals surface area contributed by atoms with Crippen LogP contribution in [0.4, 0.5) is 11.5 Å². The Kier molecular flexibility index (Phi) is 4.24. The lowest BCUT2D eigenvalue weighted by Gasteiger charge is -2.35. The predicted octanol–water partition coefficient (Wildman–Crippen LogP) is 1.36. The SMILES string of the molecule is CC(C)CC(=O)N1CCN(c2ccc(N)cn2)CC1. The van der Waals surface area contributed by atoms with Gasteiger partial charge in [-0.1, -0.05) is 13.8 Å². The molecule has 1 aliphatic heterocycles. The first kappa shape index (κ1) is 13.6. The van der Waals surface area contributed by atoms with Gasteiger partial charge in [-0.25, -0.2) is 4.98 Å². The van der Waals surface area contributed by atoms with E-state index < -0.39 is 0 Å². The highest BCUT2D eigenvalue weighted by Gasteiger charge is 2.21. The molecule has 1 aromatic heterocycles. The molecule has 1 saturated heterocycles. The molecule has 1 amide bonds. The molecule has 0 saturated carbocycles. The Labute approximate surface area is 114 Å². The van der Waals surface area contributed by atoms with E-state index in [0.29, 0.717) is 18.0 Å². The predicted molar refractivity (Wildman–Crippen MR) is 76.9 cm³/mol. The number of anilines is 2. The van der Waals surface area contributed by atoms with E-state index in [1.165, 1.54) is 0 Å². The van der Waals surface area contributed by atoms with E-state index in [2.05, 4.69) is 23.7 Å². The quantitative estimate of drug-likeness (QED) is 0.893. The summed E-state index contributed by atoms with van der Waals surface area (Å²) in [5, 5.41) is 0. The van der Waals surface area contributed by atoms with E-state index >= 15 is 0 Å². The van der Waals surface area contributed by atoms with E-state index in [9.17, 15) is 4.79 Å². The number of piperazine rings is 1. The van der Waals surface area contributed by atoms with Crippen molar-refractivity contribution in [2.24, 2.45) is 5.92 Å². The van der Waals surface area contributed by atoms with Gasteiger partial charge in [-0.3, -0.25) is 4.79 Å². The molecule has 19 heavy (non-hydrogen) atoms. The summed E-state index contributed by atoms with van der Waals surface area (Å²) in [6.07, 6.45) is 2.31. The Hall–Kier alpha value is -1.78. The number of carbonyl (C=O) groups excluding carboxylic acids is 1. The van der Waals surface area contributed by atoms with Crippen LogP contribution in [0.25, 0.3) is 0 Å². The number of rotatable bonds is 3. The maximum atomic E-state index is 12.0. The third-order valence-electron chi connectivity index (χ3n) is 3.31. The van der Waals surface area contributed by atoms with Gasteiger partial charge in [0.25, 0.3) is 0 Å². The summed E-state index contributed by atoms with van der Waals surface area (Å²) in [5.41, 5.74) is 6.31. The fourth-order valence-electron chi connectivity index (χ4n) is 2.25. The number of amides is 1. The molecule has 5 heteroatoms. The summed E-state index contributed by atoms with van der Waals surface area (Å²) in [5.74, 6) is 1.62. The normalized spacial score (nSPS) is 15.9. The molecule has 1 aromatic rings. The van der Waals surface area contributed by atoms with Crippen LogP contribution in [0.3, 0.4) is 0 Å². The molecule has 0 radical (unpaired) electrons. The Morgan fingerprint density at radius 1 is 1.32 bits per heavy atom. The second kappa shape index (κ2) is 5.91. The smallest absolute Gasteiger partial charge is 0.222 e. The van der Waals surface area contributed by atoms with Crippen molar-refractivity contribution in [2.45, 2.75) is 20.3 Å². The molecular formula is C14H22N4O. The fourth-order valence-corrected chi connectivity index (χ4v) is 2.25. The van der Waals surface area contributed by atoms with Gasteiger partial charge >= 0.3 is 0 Å². The molecule has 0 aliphatic carbocycles. The summed E-state index contributed by atoms with van der Waals surface area (Å²) >= 11 is 0. The van der Waals surface area contributed by atoms with Gasteiger partial charge in [-0.2, -0.15) is 0 Å². The van der Waals surface area contributed by atoms with Gasteiger partial charge in [0.1, 0.15) is 5.82 Å². The van der Waals surface area contributed by atoms with Crippen LogP contribution in [0.15, 0.2) is 18.3 Å². The molecule has 0 atom stereocenters. The highest BCUT2D eigenvalue weighted by Crippen LogP contribution is 2.15.